The first kappa shape index (κ1) is 9.30. The van der Waals surface area contributed by atoms with Gasteiger partial charge in [0.25, 0.3) is 0 Å². The van der Waals surface area contributed by atoms with E-state index in [0.29, 0.717) is 6.04 Å². The van der Waals surface area contributed by atoms with E-state index in [1.54, 1.807) is 0 Å². The van der Waals surface area contributed by atoms with E-state index in [0.717, 1.165) is 18.8 Å². The second kappa shape index (κ2) is 4.29. The first-order valence-corrected chi connectivity index (χ1v) is 4.69. The van der Waals surface area contributed by atoms with Crippen molar-refractivity contribution in [3.63, 3.8) is 0 Å². The van der Waals surface area contributed by atoms with Crippen molar-refractivity contribution in [1.82, 2.24) is 5.32 Å². The van der Waals surface area contributed by atoms with Crippen molar-refractivity contribution >= 4 is 5.91 Å². The van der Waals surface area contributed by atoms with E-state index in [-0.39, 0.29) is 5.91 Å². The van der Waals surface area contributed by atoms with E-state index in [9.17, 15) is 4.79 Å². The summed E-state index contributed by atoms with van der Waals surface area (Å²) in [5.74, 6) is 0.836. The van der Waals surface area contributed by atoms with Gasteiger partial charge in [-0.05, 0) is 24.8 Å². The molecule has 0 saturated heterocycles. The third-order valence-electron chi connectivity index (χ3n) is 2.34. The largest absolute Gasteiger partial charge is 0.350 e. The molecule has 1 rings (SSSR count). The maximum absolute atomic E-state index is 11.0. The predicted molar refractivity (Wildman–Crippen MR) is 49.8 cm³/mol. The van der Waals surface area contributed by atoms with Gasteiger partial charge in [0, 0.05) is 6.04 Å². The molecule has 0 heterocycles. The summed E-state index contributed by atoms with van der Waals surface area (Å²) in [4.78, 5) is 11.0. The zero-order valence-corrected chi connectivity index (χ0v) is 7.68. The van der Waals surface area contributed by atoms with Gasteiger partial charge in [0.15, 0.2) is 0 Å². The van der Waals surface area contributed by atoms with Gasteiger partial charge in [0.05, 0.1) is 0 Å². The van der Waals surface area contributed by atoms with Crippen molar-refractivity contribution < 1.29 is 4.79 Å². The standard InChI is InChI=1S/C10H17NO/c1-3-9(7-8-5-6-8)11-10(12)4-2/h4,8-9H,2-3,5-7H2,1H3,(H,11,12). The van der Waals surface area contributed by atoms with E-state index in [2.05, 4.69) is 18.8 Å². The fraction of sp³-hybridized carbons (Fsp3) is 0.700. The van der Waals surface area contributed by atoms with Crippen LogP contribution in [0.3, 0.4) is 0 Å². The molecule has 68 valence electrons. The quantitative estimate of drug-likeness (QED) is 0.622. The summed E-state index contributed by atoms with van der Waals surface area (Å²) in [6, 6.07) is 0.364. The van der Waals surface area contributed by atoms with E-state index in [4.69, 9.17) is 0 Å². The van der Waals surface area contributed by atoms with E-state index in [1.165, 1.54) is 18.9 Å². The number of nitrogens with one attached hydrogen (secondary N) is 1. The average molecular weight is 167 g/mol. The normalized spacial score (nSPS) is 18.4. The van der Waals surface area contributed by atoms with Gasteiger partial charge in [-0.15, -0.1) is 0 Å². The van der Waals surface area contributed by atoms with Crippen LogP contribution in [0.4, 0.5) is 0 Å². The van der Waals surface area contributed by atoms with Crippen molar-refractivity contribution in [3.05, 3.63) is 12.7 Å². The van der Waals surface area contributed by atoms with Crippen molar-refractivity contribution in [1.29, 1.82) is 0 Å². The second-order valence-electron chi connectivity index (χ2n) is 3.50. The summed E-state index contributed by atoms with van der Waals surface area (Å²) in [7, 11) is 0. The zero-order chi connectivity index (χ0) is 8.97. The molecule has 1 unspecified atom stereocenters. The zero-order valence-electron chi connectivity index (χ0n) is 7.68. The van der Waals surface area contributed by atoms with Crippen molar-refractivity contribution in [2.24, 2.45) is 5.92 Å². The van der Waals surface area contributed by atoms with Gasteiger partial charge >= 0.3 is 0 Å². The lowest BCUT2D eigenvalue weighted by molar-refractivity contribution is -0.117. The molecule has 0 aliphatic heterocycles. The topological polar surface area (TPSA) is 29.1 Å². The molecule has 0 bridgehead atoms. The van der Waals surface area contributed by atoms with Crippen LogP contribution in [0.2, 0.25) is 0 Å². The van der Waals surface area contributed by atoms with Gasteiger partial charge in [0.2, 0.25) is 5.91 Å². The fourth-order valence-electron chi connectivity index (χ4n) is 1.34. The fourth-order valence-corrected chi connectivity index (χ4v) is 1.34. The molecule has 0 aromatic heterocycles. The predicted octanol–water partition coefficient (Wildman–Crippen LogP) is 1.87. The minimum atomic E-state index is -0.0394. The van der Waals surface area contributed by atoms with Crippen LogP contribution in [0.1, 0.15) is 32.6 Å². The highest BCUT2D eigenvalue weighted by Gasteiger charge is 2.24. The third-order valence-corrected chi connectivity index (χ3v) is 2.34. The maximum atomic E-state index is 11.0. The highest BCUT2D eigenvalue weighted by Crippen LogP contribution is 2.33. The number of hydrogen-bond acceptors (Lipinski definition) is 1. The van der Waals surface area contributed by atoms with Crippen LogP contribution in [-0.4, -0.2) is 11.9 Å². The van der Waals surface area contributed by atoms with Gasteiger partial charge in [-0.1, -0.05) is 26.3 Å². The number of amides is 1. The monoisotopic (exact) mass is 167 g/mol. The van der Waals surface area contributed by atoms with Crippen LogP contribution in [-0.2, 0) is 4.79 Å². The van der Waals surface area contributed by atoms with Gasteiger partial charge in [0.1, 0.15) is 0 Å². The second-order valence-corrected chi connectivity index (χ2v) is 3.50. The lowest BCUT2D eigenvalue weighted by Crippen LogP contribution is -2.33. The molecule has 2 heteroatoms. The van der Waals surface area contributed by atoms with E-state index >= 15 is 0 Å². The van der Waals surface area contributed by atoms with Crippen LogP contribution < -0.4 is 5.32 Å². The summed E-state index contributed by atoms with van der Waals surface area (Å²) < 4.78 is 0. The van der Waals surface area contributed by atoms with Crippen LogP contribution in [0.25, 0.3) is 0 Å². The van der Waals surface area contributed by atoms with Gasteiger partial charge < -0.3 is 5.32 Å². The highest BCUT2D eigenvalue weighted by molar-refractivity contribution is 5.87. The lowest BCUT2D eigenvalue weighted by atomic mass is 10.1. The van der Waals surface area contributed by atoms with Crippen molar-refractivity contribution in [2.75, 3.05) is 0 Å². The minimum absolute atomic E-state index is 0.0394. The molecular weight excluding hydrogens is 150 g/mol. The molecule has 1 saturated carbocycles. The maximum Gasteiger partial charge on any atom is 0.243 e. The molecule has 1 atom stereocenters. The van der Waals surface area contributed by atoms with Crippen LogP contribution in [0.5, 0.6) is 0 Å². The SMILES string of the molecule is C=CC(=O)NC(CC)CC1CC1. The molecule has 1 fully saturated rings. The lowest BCUT2D eigenvalue weighted by Gasteiger charge is -2.14. The molecular formula is C10H17NO. The Morgan fingerprint density at radius 1 is 1.75 bits per heavy atom. The number of rotatable bonds is 5. The van der Waals surface area contributed by atoms with Crippen LogP contribution >= 0.6 is 0 Å². The summed E-state index contributed by atoms with van der Waals surface area (Å²) in [5, 5.41) is 2.93. The first-order chi connectivity index (χ1) is 5.76. The highest BCUT2D eigenvalue weighted by atomic mass is 16.1. The molecule has 1 N–H and O–H groups in total. The number of hydrogen-bond donors (Lipinski definition) is 1. The smallest absolute Gasteiger partial charge is 0.243 e. The molecule has 2 nitrogen and oxygen atoms in total. The Balaban J connectivity index is 2.23. The first-order valence-electron chi connectivity index (χ1n) is 4.69. The molecule has 0 aromatic rings. The molecule has 0 radical (unpaired) electrons. The molecule has 0 spiro atoms. The van der Waals surface area contributed by atoms with Gasteiger partial charge in [-0.2, -0.15) is 0 Å². The van der Waals surface area contributed by atoms with Gasteiger partial charge in [-0.25, -0.2) is 0 Å². The van der Waals surface area contributed by atoms with Crippen molar-refractivity contribution in [3.8, 4) is 0 Å². The molecule has 0 aromatic carbocycles. The molecule has 12 heavy (non-hydrogen) atoms. The third kappa shape index (κ3) is 3.07. The van der Waals surface area contributed by atoms with Crippen LogP contribution in [0.15, 0.2) is 12.7 Å². The Kier molecular flexibility index (Phi) is 3.32. The Morgan fingerprint density at radius 2 is 2.42 bits per heavy atom. The van der Waals surface area contributed by atoms with Gasteiger partial charge in [-0.3, -0.25) is 4.79 Å². The number of carbonyl (C=O) groups excluding carboxylic acids is 1. The Bertz CT molecular complexity index is 173. The Morgan fingerprint density at radius 3 is 2.83 bits per heavy atom. The molecule has 1 aliphatic carbocycles. The molecule has 1 amide bonds. The minimum Gasteiger partial charge on any atom is -0.350 e. The van der Waals surface area contributed by atoms with Crippen molar-refractivity contribution in [2.45, 2.75) is 38.6 Å². The Hall–Kier alpha value is -0.790. The summed E-state index contributed by atoms with van der Waals surface area (Å²) in [6.45, 7) is 5.54. The summed E-state index contributed by atoms with van der Waals surface area (Å²) in [6.07, 6.45) is 6.21. The summed E-state index contributed by atoms with van der Waals surface area (Å²) in [5.41, 5.74) is 0. The Labute approximate surface area is 74.0 Å². The van der Waals surface area contributed by atoms with E-state index < -0.39 is 0 Å². The number of carbonyl (C=O) groups is 1. The summed E-state index contributed by atoms with van der Waals surface area (Å²) >= 11 is 0. The average Bonchev–Trinajstić information content (AvgIpc) is 2.86. The van der Waals surface area contributed by atoms with E-state index in [1.807, 2.05) is 0 Å². The molecule has 1 aliphatic rings. The van der Waals surface area contributed by atoms with Crippen LogP contribution in [0, 0.1) is 5.92 Å².